The molecule has 0 bridgehead atoms. The van der Waals surface area contributed by atoms with E-state index < -0.39 is 34.8 Å². The van der Waals surface area contributed by atoms with Gasteiger partial charge in [0.15, 0.2) is 17.5 Å². The zero-order chi connectivity index (χ0) is 12.3. The van der Waals surface area contributed by atoms with Crippen LogP contribution in [0, 0.1) is 17.5 Å². The first-order chi connectivity index (χ1) is 7.41. The minimum absolute atomic E-state index is 0.440. The van der Waals surface area contributed by atoms with Gasteiger partial charge in [0.25, 0.3) is 5.91 Å². The molecule has 7 heteroatoms. The van der Waals surface area contributed by atoms with E-state index in [9.17, 15) is 22.8 Å². The van der Waals surface area contributed by atoms with Gasteiger partial charge in [-0.1, -0.05) is 0 Å². The molecule has 2 N–H and O–H groups in total. The fourth-order valence-corrected chi connectivity index (χ4v) is 0.904. The van der Waals surface area contributed by atoms with Crippen molar-refractivity contribution in [1.29, 1.82) is 0 Å². The first-order valence-electron chi connectivity index (χ1n) is 4.13. The maximum Gasteiger partial charge on any atom is 0.269 e. The second-order valence-corrected chi connectivity index (χ2v) is 2.89. The van der Waals surface area contributed by atoms with Crippen molar-refractivity contribution < 1.29 is 22.8 Å². The van der Waals surface area contributed by atoms with E-state index in [4.69, 9.17) is 0 Å². The van der Waals surface area contributed by atoms with Gasteiger partial charge < -0.3 is 0 Å². The van der Waals surface area contributed by atoms with Crippen molar-refractivity contribution in [2.45, 2.75) is 6.92 Å². The van der Waals surface area contributed by atoms with Gasteiger partial charge in [0.2, 0.25) is 5.91 Å². The number of hydrogen-bond donors (Lipinski definition) is 2. The average Bonchev–Trinajstić information content (AvgIpc) is 2.21. The van der Waals surface area contributed by atoms with Gasteiger partial charge in [-0.3, -0.25) is 20.4 Å². The van der Waals surface area contributed by atoms with Crippen LogP contribution in [-0.2, 0) is 4.79 Å². The number of carbonyl (C=O) groups is 2. The molecule has 0 saturated carbocycles. The van der Waals surface area contributed by atoms with Gasteiger partial charge in [-0.05, 0) is 12.1 Å². The Morgan fingerprint density at radius 2 is 1.56 bits per heavy atom. The Morgan fingerprint density at radius 1 is 1.06 bits per heavy atom. The number of hydrogen-bond acceptors (Lipinski definition) is 2. The monoisotopic (exact) mass is 232 g/mol. The second-order valence-electron chi connectivity index (χ2n) is 2.89. The SMILES string of the molecule is CC(=O)NNC(=O)c1cc(F)c(F)c(F)c1. The summed E-state index contributed by atoms with van der Waals surface area (Å²) in [7, 11) is 0. The Bertz CT molecular complexity index is 425. The Morgan fingerprint density at radius 3 is 2.00 bits per heavy atom. The van der Waals surface area contributed by atoms with Crippen molar-refractivity contribution in [3.8, 4) is 0 Å². The largest absolute Gasteiger partial charge is 0.274 e. The van der Waals surface area contributed by atoms with E-state index >= 15 is 0 Å². The van der Waals surface area contributed by atoms with E-state index in [-0.39, 0.29) is 0 Å². The highest BCUT2D eigenvalue weighted by molar-refractivity contribution is 5.95. The molecule has 2 amide bonds. The van der Waals surface area contributed by atoms with Crippen LogP contribution in [-0.4, -0.2) is 11.8 Å². The number of nitrogens with one attached hydrogen (secondary N) is 2. The summed E-state index contributed by atoms with van der Waals surface area (Å²) in [6.07, 6.45) is 0. The van der Waals surface area contributed by atoms with Gasteiger partial charge in [0, 0.05) is 12.5 Å². The van der Waals surface area contributed by atoms with Crippen LogP contribution in [0.3, 0.4) is 0 Å². The summed E-state index contributed by atoms with van der Waals surface area (Å²) in [6, 6.07) is 1.05. The van der Waals surface area contributed by atoms with E-state index in [1.807, 2.05) is 10.9 Å². The van der Waals surface area contributed by atoms with Crippen LogP contribution >= 0.6 is 0 Å². The summed E-state index contributed by atoms with van der Waals surface area (Å²) in [5, 5.41) is 0. The van der Waals surface area contributed by atoms with E-state index in [0.717, 1.165) is 6.92 Å². The molecule has 1 rings (SSSR count). The molecule has 4 nitrogen and oxygen atoms in total. The van der Waals surface area contributed by atoms with Crippen LogP contribution in [0.25, 0.3) is 0 Å². The quantitative estimate of drug-likeness (QED) is 0.558. The van der Waals surface area contributed by atoms with Crippen LogP contribution < -0.4 is 10.9 Å². The highest BCUT2D eigenvalue weighted by atomic mass is 19.2. The molecular weight excluding hydrogens is 225 g/mol. The first-order valence-corrected chi connectivity index (χ1v) is 4.13. The third-order valence-corrected chi connectivity index (χ3v) is 1.60. The Balaban J connectivity index is 2.88. The predicted molar refractivity (Wildman–Crippen MR) is 47.6 cm³/mol. The van der Waals surface area contributed by atoms with Gasteiger partial charge in [-0.25, -0.2) is 13.2 Å². The normalized spacial score (nSPS) is 9.75. The molecule has 86 valence electrons. The number of carbonyl (C=O) groups excluding carboxylic acids is 2. The highest BCUT2D eigenvalue weighted by Crippen LogP contribution is 2.13. The smallest absolute Gasteiger partial charge is 0.269 e. The number of benzene rings is 1. The third kappa shape index (κ3) is 2.72. The minimum Gasteiger partial charge on any atom is -0.274 e. The summed E-state index contributed by atoms with van der Waals surface area (Å²) in [5.41, 5.74) is 3.36. The van der Waals surface area contributed by atoms with Gasteiger partial charge in [0.1, 0.15) is 0 Å². The lowest BCUT2D eigenvalue weighted by atomic mass is 10.2. The van der Waals surface area contributed by atoms with E-state index in [1.54, 1.807) is 0 Å². The van der Waals surface area contributed by atoms with Crippen LogP contribution in [0.5, 0.6) is 0 Å². The number of rotatable bonds is 1. The van der Waals surface area contributed by atoms with Crippen LogP contribution in [0.4, 0.5) is 13.2 Å². The van der Waals surface area contributed by atoms with Gasteiger partial charge in [-0.2, -0.15) is 0 Å². The lowest BCUT2D eigenvalue weighted by Gasteiger charge is -2.05. The molecule has 0 aliphatic heterocycles. The molecule has 16 heavy (non-hydrogen) atoms. The molecule has 0 aliphatic rings. The van der Waals surface area contributed by atoms with Crippen molar-refractivity contribution in [2.24, 2.45) is 0 Å². The Hall–Kier alpha value is -2.05. The summed E-state index contributed by atoms with van der Waals surface area (Å²) in [4.78, 5) is 21.6. The molecule has 0 aliphatic carbocycles. The molecule has 1 aromatic carbocycles. The van der Waals surface area contributed by atoms with Crippen molar-refractivity contribution in [2.75, 3.05) is 0 Å². The van der Waals surface area contributed by atoms with Crippen molar-refractivity contribution in [3.63, 3.8) is 0 Å². The summed E-state index contributed by atoms with van der Waals surface area (Å²) in [5.74, 6) is -6.12. The molecule has 0 aromatic heterocycles. The lowest BCUT2D eigenvalue weighted by molar-refractivity contribution is -0.119. The summed E-state index contributed by atoms with van der Waals surface area (Å²) in [6.45, 7) is 1.13. The molecule has 0 fully saturated rings. The molecular formula is C9H7F3N2O2. The van der Waals surface area contributed by atoms with E-state index in [2.05, 4.69) is 0 Å². The zero-order valence-electron chi connectivity index (χ0n) is 8.11. The second kappa shape index (κ2) is 4.65. The summed E-state index contributed by atoms with van der Waals surface area (Å²) >= 11 is 0. The van der Waals surface area contributed by atoms with Crippen molar-refractivity contribution in [3.05, 3.63) is 35.1 Å². The molecule has 0 spiro atoms. The third-order valence-electron chi connectivity index (χ3n) is 1.60. The summed E-state index contributed by atoms with van der Waals surface area (Å²) < 4.78 is 38.0. The molecule has 0 atom stereocenters. The van der Waals surface area contributed by atoms with Gasteiger partial charge in [0.05, 0.1) is 0 Å². The molecule has 0 heterocycles. The van der Waals surface area contributed by atoms with Crippen LogP contribution in [0.1, 0.15) is 17.3 Å². The fourth-order valence-electron chi connectivity index (χ4n) is 0.904. The minimum atomic E-state index is -1.66. The topological polar surface area (TPSA) is 58.2 Å². The van der Waals surface area contributed by atoms with E-state index in [0.29, 0.717) is 12.1 Å². The van der Waals surface area contributed by atoms with Crippen LogP contribution in [0.15, 0.2) is 12.1 Å². The van der Waals surface area contributed by atoms with E-state index in [1.165, 1.54) is 0 Å². The number of halogens is 3. The lowest BCUT2D eigenvalue weighted by Crippen LogP contribution is -2.40. The Kier molecular flexibility index (Phi) is 3.49. The Labute approximate surface area is 88.4 Å². The molecule has 0 saturated heterocycles. The van der Waals surface area contributed by atoms with Crippen LogP contribution in [0.2, 0.25) is 0 Å². The molecule has 1 aromatic rings. The fraction of sp³-hybridized carbons (Fsp3) is 0.111. The average molecular weight is 232 g/mol. The standard InChI is InChI=1S/C9H7F3N2O2/c1-4(15)13-14-9(16)5-2-6(10)8(12)7(11)3-5/h2-3H,1H3,(H,13,15)(H,14,16). The zero-order valence-corrected chi connectivity index (χ0v) is 8.11. The van der Waals surface area contributed by atoms with Crippen molar-refractivity contribution >= 4 is 11.8 Å². The molecule has 0 unspecified atom stereocenters. The maximum absolute atomic E-state index is 12.7. The highest BCUT2D eigenvalue weighted by Gasteiger charge is 2.14. The number of amides is 2. The maximum atomic E-state index is 12.7. The van der Waals surface area contributed by atoms with Gasteiger partial charge in [-0.15, -0.1) is 0 Å². The molecule has 0 radical (unpaired) electrons. The first kappa shape index (κ1) is 12.0. The predicted octanol–water partition coefficient (Wildman–Crippen LogP) is 0.885. The number of hydrazine groups is 1. The van der Waals surface area contributed by atoms with Crippen molar-refractivity contribution in [1.82, 2.24) is 10.9 Å². The van der Waals surface area contributed by atoms with Gasteiger partial charge >= 0.3 is 0 Å².